The normalized spacial score (nSPS) is 27.6. The Kier molecular flexibility index (Phi) is 4.61. The van der Waals surface area contributed by atoms with E-state index in [2.05, 4.69) is 5.32 Å². The monoisotopic (exact) mass is 307 g/mol. The van der Waals surface area contributed by atoms with Crippen molar-refractivity contribution in [2.24, 2.45) is 0 Å². The number of fused-ring (bicyclic) bond motifs is 1. The molecule has 3 atom stereocenters. The average Bonchev–Trinajstić information content (AvgIpc) is 2.52. The summed E-state index contributed by atoms with van der Waals surface area (Å²) < 4.78 is 10.7. The maximum Gasteiger partial charge on any atom is 0.224 e. The molecule has 0 unspecified atom stereocenters. The summed E-state index contributed by atoms with van der Waals surface area (Å²) in [5, 5.41) is 22.1. The van der Waals surface area contributed by atoms with E-state index < -0.39 is 18.2 Å². The van der Waals surface area contributed by atoms with Crippen molar-refractivity contribution in [2.75, 3.05) is 19.8 Å². The SMILES string of the molecule is O=C(Cc1ccc2c(c1)CCCO2)N[C@@H]1COC[C@@H](O)[C@H]1O. The lowest BCUT2D eigenvalue weighted by Crippen LogP contribution is -2.56. The van der Waals surface area contributed by atoms with Crippen LogP contribution in [0.15, 0.2) is 18.2 Å². The smallest absolute Gasteiger partial charge is 0.224 e. The standard InChI is InChI=1S/C16H21NO5/c18-13-9-21-8-12(16(13)20)17-15(19)7-10-3-4-14-11(6-10)2-1-5-22-14/h3-4,6,12-13,16,18,20H,1-2,5,7-9H2,(H,17,19)/t12-,13-,16+/m1/s1. The van der Waals surface area contributed by atoms with Gasteiger partial charge in [-0.3, -0.25) is 4.79 Å². The lowest BCUT2D eigenvalue weighted by atomic mass is 10.0. The molecule has 0 aromatic heterocycles. The molecule has 3 rings (SSSR count). The first-order valence-electron chi connectivity index (χ1n) is 7.61. The number of aliphatic hydroxyl groups is 2. The van der Waals surface area contributed by atoms with Crippen molar-refractivity contribution in [3.8, 4) is 5.75 Å². The maximum atomic E-state index is 12.1. The molecule has 0 spiro atoms. The number of amides is 1. The highest BCUT2D eigenvalue weighted by Crippen LogP contribution is 2.25. The first-order chi connectivity index (χ1) is 10.6. The molecule has 1 aromatic rings. The van der Waals surface area contributed by atoms with Crippen LogP contribution in [0.5, 0.6) is 5.75 Å². The molecule has 0 bridgehead atoms. The fourth-order valence-corrected chi connectivity index (χ4v) is 2.88. The van der Waals surface area contributed by atoms with E-state index in [1.807, 2.05) is 18.2 Å². The fourth-order valence-electron chi connectivity index (χ4n) is 2.88. The van der Waals surface area contributed by atoms with Gasteiger partial charge in [0.15, 0.2) is 0 Å². The molecule has 6 heteroatoms. The van der Waals surface area contributed by atoms with Crippen LogP contribution in [0.25, 0.3) is 0 Å². The van der Waals surface area contributed by atoms with Gasteiger partial charge in [-0.05, 0) is 30.0 Å². The van der Waals surface area contributed by atoms with E-state index >= 15 is 0 Å². The zero-order valence-electron chi connectivity index (χ0n) is 12.3. The van der Waals surface area contributed by atoms with Gasteiger partial charge in [0.1, 0.15) is 18.0 Å². The van der Waals surface area contributed by atoms with Crippen molar-refractivity contribution < 1.29 is 24.5 Å². The van der Waals surface area contributed by atoms with Gasteiger partial charge in [-0.1, -0.05) is 12.1 Å². The van der Waals surface area contributed by atoms with Gasteiger partial charge < -0.3 is 25.0 Å². The minimum absolute atomic E-state index is 0.0956. The van der Waals surface area contributed by atoms with Crippen molar-refractivity contribution in [3.05, 3.63) is 29.3 Å². The summed E-state index contributed by atoms with van der Waals surface area (Å²) >= 11 is 0. The zero-order chi connectivity index (χ0) is 15.5. The molecule has 2 aliphatic rings. The molecular formula is C16H21NO5. The largest absolute Gasteiger partial charge is 0.493 e. The van der Waals surface area contributed by atoms with E-state index in [9.17, 15) is 15.0 Å². The minimum atomic E-state index is -0.991. The van der Waals surface area contributed by atoms with Crippen molar-refractivity contribution in [2.45, 2.75) is 37.5 Å². The van der Waals surface area contributed by atoms with E-state index in [0.29, 0.717) is 0 Å². The zero-order valence-corrected chi connectivity index (χ0v) is 12.3. The van der Waals surface area contributed by atoms with Crippen LogP contribution in [0.4, 0.5) is 0 Å². The van der Waals surface area contributed by atoms with Crippen LogP contribution in [0.3, 0.4) is 0 Å². The first-order valence-corrected chi connectivity index (χ1v) is 7.61. The predicted molar refractivity (Wildman–Crippen MR) is 78.7 cm³/mol. The second-order valence-electron chi connectivity index (χ2n) is 5.84. The molecule has 1 saturated heterocycles. The highest BCUT2D eigenvalue weighted by Gasteiger charge is 2.32. The summed E-state index contributed by atoms with van der Waals surface area (Å²) in [6.07, 6.45) is 0.236. The Bertz CT molecular complexity index is 547. The van der Waals surface area contributed by atoms with E-state index in [4.69, 9.17) is 9.47 Å². The number of carbonyl (C=O) groups is 1. The van der Waals surface area contributed by atoms with E-state index in [-0.39, 0.29) is 25.5 Å². The highest BCUT2D eigenvalue weighted by atomic mass is 16.5. The Morgan fingerprint density at radius 2 is 2.18 bits per heavy atom. The molecule has 2 heterocycles. The summed E-state index contributed by atoms with van der Waals surface area (Å²) in [7, 11) is 0. The molecular weight excluding hydrogens is 286 g/mol. The van der Waals surface area contributed by atoms with Crippen LogP contribution in [0.2, 0.25) is 0 Å². The summed E-state index contributed by atoms with van der Waals surface area (Å²) in [5.41, 5.74) is 2.04. The molecule has 22 heavy (non-hydrogen) atoms. The number of aryl methyl sites for hydroxylation is 1. The Morgan fingerprint density at radius 1 is 1.32 bits per heavy atom. The summed E-state index contributed by atoms with van der Waals surface area (Å²) in [5.74, 6) is 0.702. The van der Waals surface area contributed by atoms with Crippen LogP contribution in [-0.2, 0) is 22.4 Å². The lowest BCUT2D eigenvalue weighted by Gasteiger charge is -2.32. The van der Waals surface area contributed by atoms with Gasteiger partial charge in [-0.15, -0.1) is 0 Å². The molecule has 3 N–H and O–H groups in total. The van der Waals surface area contributed by atoms with Gasteiger partial charge in [0.05, 0.1) is 32.3 Å². The molecule has 120 valence electrons. The van der Waals surface area contributed by atoms with E-state index in [1.165, 1.54) is 0 Å². The Labute approximate surface area is 129 Å². The van der Waals surface area contributed by atoms with Gasteiger partial charge in [0, 0.05) is 0 Å². The third-order valence-electron chi connectivity index (χ3n) is 4.08. The van der Waals surface area contributed by atoms with Crippen molar-refractivity contribution in [1.82, 2.24) is 5.32 Å². The third-order valence-corrected chi connectivity index (χ3v) is 4.08. The number of nitrogens with one attached hydrogen (secondary N) is 1. The number of carbonyl (C=O) groups excluding carboxylic acids is 1. The maximum absolute atomic E-state index is 12.1. The number of ether oxygens (including phenoxy) is 2. The number of rotatable bonds is 3. The number of hydrogen-bond acceptors (Lipinski definition) is 5. The van der Waals surface area contributed by atoms with Crippen LogP contribution >= 0.6 is 0 Å². The van der Waals surface area contributed by atoms with Gasteiger partial charge in [-0.25, -0.2) is 0 Å². The number of hydrogen-bond donors (Lipinski definition) is 3. The average molecular weight is 307 g/mol. The van der Waals surface area contributed by atoms with Crippen molar-refractivity contribution >= 4 is 5.91 Å². The van der Waals surface area contributed by atoms with Gasteiger partial charge in [0.2, 0.25) is 5.91 Å². The van der Waals surface area contributed by atoms with E-state index in [0.717, 1.165) is 36.3 Å². The molecule has 1 fully saturated rings. The fraction of sp³-hybridized carbons (Fsp3) is 0.562. The summed E-state index contributed by atoms with van der Waals surface area (Å²) in [6.45, 7) is 1.05. The first kappa shape index (κ1) is 15.3. The molecule has 0 saturated carbocycles. The quantitative estimate of drug-likeness (QED) is 0.719. The minimum Gasteiger partial charge on any atom is -0.493 e. The van der Waals surface area contributed by atoms with Crippen molar-refractivity contribution in [1.29, 1.82) is 0 Å². The van der Waals surface area contributed by atoms with E-state index in [1.54, 1.807) is 0 Å². The molecule has 0 aliphatic carbocycles. The number of benzene rings is 1. The Hall–Kier alpha value is -1.63. The second-order valence-corrected chi connectivity index (χ2v) is 5.84. The second kappa shape index (κ2) is 6.64. The Morgan fingerprint density at radius 3 is 3.05 bits per heavy atom. The summed E-state index contributed by atoms with van der Waals surface area (Å²) in [4.78, 5) is 12.1. The van der Waals surface area contributed by atoms with Gasteiger partial charge in [0.25, 0.3) is 0 Å². The number of aliphatic hydroxyl groups excluding tert-OH is 2. The Balaban J connectivity index is 1.59. The van der Waals surface area contributed by atoms with Crippen LogP contribution in [-0.4, -0.2) is 54.2 Å². The van der Waals surface area contributed by atoms with Gasteiger partial charge in [-0.2, -0.15) is 0 Å². The van der Waals surface area contributed by atoms with Crippen LogP contribution in [0, 0.1) is 0 Å². The third kappa shape index (κ3) is 3.40. The highest BCUT2D eigenvalue weighted by molar-refractivity contribution is 5.79. The molecule has 2 aliphatic heterocycles. The topological polar surface area (TPSA) is 88.0 Å². The van der Waals surface area contributed by atoms with Crippen LogP contribution < -0.4 is 10.1 Å². The lowest BCUT2D eigenvalue weighted by molar-refractivity contribution is -0.131. The molecule has 0 radical (unpaired) electrons. The molecule has 6 nitrogen and oxygen atoms in total. The molecule has 1 amide bonds. The predicted octanol–water partition coefficient (Wildman–Crippen LogP) is -0.209. The molecule has 1 aromatic carbocycles. The van der Waals surface area contributed by atoms with Gasteiger partial charge >= 0.3 is 0 Å². The van der Waals surface area contributed by atoms with Crippen molar-refractivity contribution in [3.63, 3.8) is 0 Å². The summed E-state index contributed by atoms with van der Waals surface area (Å²) in [6, 6.07) is 5.21. The van der Waals surface area contributed by atoms with Crippen LogP contribution in [0.1, 0.15) is 17.5 Å².